The summed E-state index contributed by atoms with van der Waals surface area (Å²) in [7, 11) is -13.9. The van der Waals surface area contributed by atoms with Crippen molar-refractivity contribution in [2.45, 2.75) is 30.6 Å². The van der Waals surface area contributed by atoms with E-state index < -0.39 is 65.7 Å². The minimum atomic E-state index is -5.75. The van der Waals surface area contributed by atoms with Crippen LogP contribution in [-0.2, 0) is 37.3 Å². The van der Waals surface area contributed by atoms with Crippen molar-refractivity contribution in [3.8, 4) is 0 Å². The van der Waals surface area contributed by atoms with E-state index in [-0.39, 0.29) is 12.0 Å². The minimum absolute atomic E-state index is 0.127. The highest BCUT2D eigenvalue weighted by atomic mass is 33.1. The average Bonchev–Trinajstić information content (AvgIpc) is 3.19. The number of carbonyl (C=O) groups is 1. The molecule has 2 unspecified atom stereocenters. The number of rotatable bonds is 12. The van der Waals surface area contributed by atoms with Crippen LogP contribution in [-0.4, -0.2) is 64.8 Å². The van der Waals surface area contributed by atoms with Crippen molar-refractivity contribution in [2.75, 3.05) is 12.9 Å². The van der Waals surface area contributed by atoms with Crippen molar-refractivity contribution in [2.24, 2.45) is 0 Å². The minimum Gasteiger partial charge on any atom is -0.390 e. The predicted molar refractivity (Wildman–Crippen MR) is 140 cm³/mol. The van der Waals surface area contributed by atoms with E-state index in [1.54, 1.807) is 18.2 Å². The SMILES string of the molecule is CSSCc1ccccc1C(=O)n1c(=O)ccn([C@H]2C[C@@H](O)[C@@H](COP(=O)(O)OP(=O)(O)OP(=O)(O)O)O2)c1=O. The zero-order chi connectivity index (χ0) is 29.9. The summed E-state index contributed by atoms with van der Waals surface area (Å²) in [5.41, 5.74) is -1.29. The largest absolute Gasteiger partial charge is 0.490 e. The molecule has 0 aliphatic carbocycles. The molecule has 3 rings (SSSR count). The number of phosphoric acid groups is 3. The van der Waals surface area contributed by atoms with Crippen LogP contribution < -0.4 is 11.2 Å². The molecule has 0 amide bonds. The highest BCUT2D eigenvalue weighted by molar-refractivity contribution is 8.76. The van der Waals surface area contributed by atoms with Crippen molar-refractivity contribution < 1.29 is 61.1 Å². The molecule has 2 aromatic rings. The fourth-order valence-electron chi connectivity index (χ4n) is 3.50. The lowest BCUT2D eigenvalue weighted by Gasteiger charge is -2.19. The van der Waals surface area contributed by atoms with Gasteiger partial charge < -0.3 is 29.4 Å². The summed E-state index contributed by atoms with van der Waals surface area (Å²) in [5, 5.41) is 10.3. The van der Waals surface area contributed by atoms with E-state index >= 15 is 0 Å². The molecule has 222 valence electrons. The molecule has 40 heavy (non-hydrogen) atoms. The third-order valence-corrected chi connectivity index (χ3v) is 10.7. The first kappa shape index (κ1) is 33.1. The van der Waals surface area contributed by atoms with Crippen LogP contribution >= 0.6 is 45.1 Å². The number of benzene rings is 1. The molecule has 1 aliphatic heterocycles. The lowest BCUT2D eigenvalue weighted by atomic mass is 10.1. The van der Waals surface area contributed by atoms with Crippen LogP contribution in [0.15, 0.2) is 46.1 Å². The Bertz CT molecular complexity index is 1510. The van der Waals surface area contributed by atoms with Gasteiger partial charge in [-0.2, -0.15) is 13.2 Å². The summed E-state index contributed by atoms with van der Waals surface area (Å²) in [6, 6.07) is 7.37. The Morgan fingerprint density at radius 3 is 2.40 bits per heavy atom. The third-order valence-electron chi connectivity index (χ3n) is 5.13. The summed E-state index contributed by atoms with van der Waals surface area (Å²) >= 11 is 0. The molecular weight excluding hydrogens is 641 g/mol. The number of nitrogens with zero attached hydrogens (tertiary/aromatic N) is 2. The molecule has 1 aromatic heterocycles. The predicted octanol–water partition coefficient (Wildman–Crippen LogP) is 1.20. The third kappa shape index (κ3) is 8.80. The van der Waals surface area contributed by atoms with Gasteiger partial charge in [0.05, 0.1) is 12.7 Å². The smallest absolute Gasteiger partial charge is 0.390 e. The summed E-state index contributed by atoms with van der Waals surface area (Å²) < 4.78 is 52.5. The average molecular weight is 664 g/mol. The first-order chi connectivity index (χ1) is 18.5. The Hall–Kier alpha value is -1.40. The second kappa shape index (κ2) is 13.3. The lowest BCUT2D eigenvalue weighted by Crippen LogP contribution is -2.44. The molecule has 1 aliphatic rings. The Morgan fingerprint density at radius 1 is 1.07 bits per heavy atom. The van der Waals surface area contributed by atoms with Crippen molar-refractivity contribution in [3.05, 3.63) is 68.5 Å². The Morgan fingerprint density at radius 2 is 1.75 bits per heavy atom. The van der Waals surface area contributed by atoms with Crippen LogP contribution in [0.2, 0.25) is 0 Å². The standard InChI is InChI=1S/C18H23N2O15P3S2/c1-39-40-10-11-4-2-3-5-12(11)17(23)20-15(22)6-7-19(18(20)24)16-8-13(21)14(33-16)9-32-37(28,29)35-38(30,31)34-36(25,26)27/h2-7,13-14,16,21H,8-10H2,1H3,(H,28,29)(H,30,31)(H2,25,26,27)/t13-,14-,16-/m1/s1. The van der Waals surface area contributed by atoms with Crippen LogP contribution in [0.1, 0.15) is 28.6 Å². The molecule has 0 spiro atoms. The van der Waals surface area contributed by atoms with Crippen LogP contribution in [0.25, 0.3) is 0 Å². The lowest BCUT2D eigenvalue weighted by molar-refractivity contribution is -0.0452. The van der Waals surface area contributed by atoms with Crippen molar-refractivity contribution in [3.63, 3.8) is 0 Å². The molecule has 0 saturated carbocycles. The number of hydrogen-bond donors (Lipinski definition) is 5. The van der Waals surface area contributed by atoms with E-state index in [0.29, 0.717) is 15.9 Å². The molecule has 0 bridgehead atoms. The Balaban J connectivity index is 1.77. The van der Waals surface area contributed by atoms with E-state index in [1.165, 1.54) is 27.7 Å². The van der Waals surface area contributed by atoms with Gasteiger partial charge in [0.25, 0.3) is 11.5 Å². The van der Waals surface area contributed by atoms with Gasteiger partial charge in [0.1, 0.15) is 12.3 Å². The van der Waals surface area contributed by atoms with Crippen LogP contribution in [0, 0.1) is 0 Å². The molecule has 17 nitrogen and oxygen atoms in total. The number of hydrogen-bond acceptors (Lipinski definition) is 13. The van der Waals surface area contributed by atoms with Crippen LogP contribution in [0.3, 0.4) is 0 Å². The quantitative estimate of drug-likeness (QED) is 0.158. The molecule has 22 heteroatoms. The summed E-state index contributed by atoms with van der Waals surface area (Å²) in [5.74, 6) is -0.460. The topological polar surface area (TPSA) is 250 Å². The zero-order valence-electron chi connectivity index (χ0n) is 20.2. The normalized spacial score (nSPS) is 22.5. The zero-order valence-corrected chi connectivity index (χ0v) is 24.5. The molecule has 1 aromatic carbocycles. The van der Waals surface area contributed by atoms with Gasteiger partial charge in [-0.05, 0) is 17.9 Å². The van der Waals surface area contributed by atoms with Gasteiger partial charge in [0.2, 0.25) is 0 Å². The van der Waals surface area contributed by atoms with Gasteiger partial charge in [-0.1, -0.05) is 39.8 Å². The Kier molecular flexibility index (Phi) is 11.0. The second-order valence-corrected chi connectivity index (χ2v) is 14.9. The highest BCUT2D eigenvalue weighted by Gasteiger charge is 2.43. The molecule has 5 N–H and O–H groups in total. The fraction of sp³-hybridized carbons (Fsp3) is 0.389. The van der Waals surface area contributed by atoms with Crippen LogP contribution in [0.4, 0.5) is 0 Å². The molecular formula is C18H23N2O15P3S2. The number of aliphatic hydroxyl groups excluding tert-OH is 1. The fourth-order valence-corrected chi connectivity index (χ4v) is 7.76. The van der Waals surface area contributed by atoms with Crippen molar-refractivity contribution >= 4 is 51.0 Å². The van der Waals surface area contributed by atoms with Gasteiger partial charge in [0, 0.05) is 30.0 Å². The van der Waals surface area contributed by atoms with Crippen LogP contribution in [0.5, 0.6) is 0 Å². The summed E-state index contributed by atoms with van der Waals surface area (Å²) in [6.07, 6.45) is -1.57. The van der Waals surface area contributed by atoms with Gasteiger partial charge in [0.15, 0.2) is 0 Å². The summed E-state index contributed by atoms with van der Waals surface area (Å²) in [4.78, 5) is 74.9. The number of aliphatic hydroxyl groups is 1. The Labute approximate surface area is 232 Å². The van der Waals surface area contributed by atoms with Gasteiger partial charge in [-0.3, -0.25) is 18.7 Å². The molecule has 1 saturated heterocycles. The first-order valence-corrected chi connectivity index (χ1v) is 18.0. The maximum absolute atomic E-state index is 13.2. The van der Waals surface area contributed by atoms with Gasteiger partial charge >= 0.3 is 29.2 Å². The first-order valence-electron chi connectivity index (χ1n) is 10.8. The number of ether oxygens (including phenoxy) is 1. The van der Waals surface area contributed by atoms with Crippen molar-refractivity contribution in [1.29, 1.82) is 0 Å². The highest BCUT2D eigenvalue weighted by Crippen LogP contribution is 2.66. The number of phosphoric ester groups is 1. The van der Waals surface area contributed by atoms with Gasteiger partial charge in [-0.25, -0.2) is 18.5 Å². The molecule has 5 atom stereocenters. The van der Waals surface area contributed by atoms with Gasteiger partial charge in [-0.15, -0.1) is 0 Å². The monoisotopic (exact) mass is 664 g/mol. The second-order valence-electron chi connectivity index (χ2n) is 7.89. The van der Waals surface area contributed by atoms with E-state index in [1.807, 2.05) is 6.26 Å². The number of aromatic nitrogens is 2. The van der Waals surface area contributed by atoms with Crippen molar-refractivity contribution in [1.82, 2.24) is 9.13 Å². The number of carbonyl (C=O) groups excluding carboxylic acids is 1. The summed E-state index contributed by atoms with van der Waals surface area (Å²) in [6.45, 7) is -0.963. The molecule has 2 heterocycles. The van der Waals surface area contributed by atoms with E-state index in [0.717, 1.165) is 16.8 Å². The maximum atomic E-state index is 13.2. The molecule has 1 fully saturated rings. The van der Waals surface area contributed by atoms with E-state index in [4.69, 9.17) is 14.5 Å². The van der Waals surface area contributed by atoms with E-state index in [2.05, 4.69) is 13.1 Å². The molecule has 0 radical (unpaired) electrons. The maximum Gasteiger partial charge on any atom is 0.490 e. The van der Waals surface area contributed by atoms with E-state index in [9.17, 15) is 43.0 Å².